The SMILES string of the molecule is CCn1ncnc1CSc1nnc(N)n1C(C)C. The fourth-order valence-electron chi connectivity index (χ4n) is 1.67. The van der Waals surface area contributed by atoms with Crippen molar-refractivity contribution in [2.45, 2.75) is 44.3 Å². The van der Waals surface area contributed by atoms with Gasteiger partial charge in [-0.05, 0) is 20.8 Å². The highest BCUT2D eigenvalue weighted by atomic mass is 32.2. The zero-order valence-corrected chi connectivity index (χ0v) is 11.6. The van der Waals surface area contributed by atoms with E-state index in [2.05, 4.69) is 34.1 Å². The van der Waals surface area contributed by atoms with Crippen LogP contribution in [0, 0.1) is 0 Å². The summed E-state index contributed by atoms with van der Waals surface area (Å²) in [6.07, 6.45) is 1.57. The summed E-state index contributed by atoms with van der Waals surface area (Å²) in [5.74, 6) is 2.09. The number of nitrogens with two attached hydrogens (primary N) is 1. The van der Waals surface area contributed by atoms with Gasteiger partial charge in [0.05, 0.1) is 5.75 Å². The standard InChI is InChI=1S/C10H17N7S/c1-4-16-8(12-6-13-16)5-18-10-15-14-9(11)17(10)7(2)3/h6-7H,4-5H2,1-3H3,(H2,11,14). The minimum Gasteiger partial charge on any atom is -0.368 e. The molecule has 0 fully saturated rings. The van der Waals surface area contributed by atoms with E-state index in [9.17, 15) is 0 Å². The molecule has 2 rings (SSSR count). The molecule has 98 valence electrons. The second-order valence-corrected chi connectivity index (χ2v) is 5.03. The molecule has 0 saturated carbocycles. The van der Waals surface area contributed by atoms with Crippen LogP contribution in [0.25, 0.3) is 0 Å². The zero-order chi connectivity index (χ0) is 13.1. The van der Waals surface area contributed by atoms with E-state index in [0.29, 0.717) is 11.7 Å². The zero-order valence-electron chi connectivity index (χ0n) is 10.7. The second-order valence-electron chi connectivity index (χ2n) is 4.09. The molecule has 8 heteroatoms. The third-order valence-corrected chi connectivity index (χ3v) is 3.47. The molecule has 2 aromatic heterocycles. The molecule has 0 aliphatic carbocycles. The molecule has 0 unspecified atom stereocenters. The Labute approximate surface area is 110 Å². The average molecular weight is 267 g/mol. The van der Waals surface area contributed by atoms with E-state index >= 15 is 0 Å². The lowest BCUT2D eigenvalue weighted by atomic mass is 10.4. The number of hydrogen-bond donors (Lipinski definition) is 1. The van der Waals surface area contributed by atoms with Gasteiger partial charge in [0.25, 0.3) is 0 Å². The van der Waals surface area contributed by atoms with Crippen molar-refractivity contribution in [2.75, 3.05) is 5.73 Å². The quantitative estimate of drug-likeness (QED) is 0.823. The van der Waals surface area contributed by atoms with Gasteiger partial charge >= 0.3 is 0 Å². The van der Waals surface area contributed by atoms with Crippen LogP contribution in [0.1, 0.15) is 32.6 Å². The van der Waals surface area contributed by atoms with Gasteiger partial charge in [0, 0.05) is 12.6 Å². The lowest BCUT2D eigenvalue weighted by Gasteiger charge is -2.11. The molecule has 0 amide bonds. The highest BCUT2D eigenvalue weighted by molar-refractivity contribution is 7.98. The van der Waals surface area contributed by atoms with E-state index in [1.54, 1.807) is 18.1 Å². The van der Waals surface area contributed by atoms with Gasteiger partial charge in [-0.3, -0.25) is 4.57 Å². The predicted octanol–water partition coefficient (Wildman–Crippen LogP) is 1.34. The van der Waals surface area contributed by atoms with Crippen molar-refractivity contribution in [1.82, 2.24) is 29.5 Å². The van der Waals surface area contributed by atoms with Crippen molar-refractivity contribution in [3.8, 4) is 0 Å². The molecule has 0 aliphatic rings. The summed E-state index contributed by atoms with van der Waals surface area (Å²) in [7, 11) is 0. The van der Waals surface area contributed by atoms with Gasteiger partial charge < -0.3 is 5.73 Å². The molecule has 0 radical (unpaired) electrons. The topological polar surface area (TPSA) is 87.4 Å². The number of nitrogens with zero attached hydrogens (tertiary/aromatic N) is 6. The first kappa shape index (κ1) is 12.9. The Hall–Kier alpha value is -1.57. The molecule has 18 heavy (non-hydrogen) atoms. The number of anilines is 1. The summed E-state index contributed by atoms with van der Waals surface area (Å²) in [6.45, 7) is 6.96. The van der Waals surface area contributed by atoms with E-state index in [1.807, 2.05) is 16.2 Å². The summed E-state index contributed by atoms with van der Waals surface area (Å²) in [5, 5.41) is 12.9. The predicted molar refractivity (Wildman–Crippen MR) is 70.1 cm³/mol. The summed E-state index contributed by atoms with van der Waals surface area (Å²) < 4.78 is 3.78. The molecule has 2 aromatic rings. The molecule has 0 spiro atoms. The molecule has 2 heterocycles. The summed E-state index contributed by atoms with van der Waals surface area (Å²) in [4.78, 5) is 4.23. The first-order valence-corrected chi connectivity index (χ1v) is 6.81. The van der Waals surface area contributed by atoms with Crippen LogP contribution in [0.15, 0.2) is 11.5 Å². The molecule has 0 saturated heterocycles. The minimum atomic E-state index is 0.242. The highest BCUT2D eigenvalue weighted by Gasteiger charge is 2.14. The van der Waals surface area contributed by atoms with Crippen LogP contribution >= 0.6 is 11.8 Å². The van der Waals surface area contributed by atoms with Crippen molar-refractivity contribution in [3.63, 3.8) is 0 Å². The average Bonchev–Trinajstić information content (AvgIpc) is 2.92. The Kier molecular flexibility index (Phi) is 3.85. The largest absolute Gasteiger partial charge is 0.368 e. The maximum Gasteiger partial charge on any atom is 0.222 e. The van der Waals surface area contributed by atoms with Crippen molar-refractivity contribution < 1.29 is 0 Å². The van der Waals surface area contributed by atoms with Crippen LogP contribution in [0.3, 0.4) is 0 Å². The first-order valence-electron chi connectivity index (χ1n) is 5.83. The normalized spacial score (nSPS) is 11.3. The van der Waals surface area contributed by atoms with Crippen LogP contribution in [0.4, 0.5) is 5.95 Å². The molecule has 0 bridgehead atoms. The maximum atomic E-state index is 5.79. The van der Waals surface area contributed by atoms with Crippen molar-refractivity contribution in [3.05, 3.63) is 12.2 Å². The first-order chi connectivity index (χ1) is 8.63. The van der Waals surface area contributed by atoms with Gasteiger partial charge in [0.15, 0.2) is 5.16 Å². The maximum absolute atomic E-state index is 5.79. The second kappa shape index (κ2) is 5.38. The smallest absolute Gasteiger partial charge is 0.222 e. The number of nitrogen functional groups attached to an aromatic ring is 1. The van der Waals surface area contributed by atoms with Gasteiger partial charge in [-0.1, -0.05) is 11.8 Å². The third-order valence-electron chi connectivity index (χ3n) is 2.53. The number of rotatable bonds is 5. The van der Waals surface area contributed by atoms with Crippen molar-refractivity contribution >= 4 is 17.7 Å². The van der Waals surface area contributed by atoms with Crippen LogP contribution in [-0.2, 0) is 12.3 Å². The van der Waals surface area contributed by atoms with Gasteiger partial charge in [0.1, 0.15) is 12.2 Å². The van der Waals surface area contributed by atoms with Gasteiger partial charge in [0.2, 0.25) is 5.95 Å². The number of hydrogen-bond acceptors (Lipinski definition) is 6. The van der Waals surface area contributed by atoms with Crippen molar-refractivity contribution in [2.24, 2.45) is 0 Å². The molecule has 0 aromatic carbocycles. The summed E-state index contributed by atoms with van der Waals surface area (Å²) >= 11 is 1.57. The fraction of sp³-hybridized carbons (Fsp3) is 0.600. The van der Waals surface area contributed by atoms with E-state index in [0.717, 1.165) is 17.5 Å². The van der Waals surface area contributed by atoms with Crippen LogP contribution in [0.5, 0.6) is 0 Å². The minimum absolute atomic E-state index is 0.242. The lowest BCUT2D eigenvalue weighted by molar-refractivity contribution is 0.556. The van der Waals surface area contributed by atoms with Gasteiger partial charge in [-0.2, -0.15) is 5.10 Å². The van der Waals surface area contributed by atoms with Crippen LogP contribution in [-0.4, -0.2) is 29.5 Å². The Bertz CT molecular complexity index is 516. The molecule has 0 aliphatic heterocycles. The van der Waals surface area contributed by atoms with Crippen molar-refractivity contribution in [1.29, 1.82) is 0 Å². The Morgan fingerprint density at radius 1 is 1.39 bits per heavy atom. The summed E-state index contributed by atoms with van der Waals surface area (Å²) in [5.41, 5.74) is 5.79. The Morgan fingerprint density at radius 2 is 2.17 bits per heavy atom. The number of aromatic nitrogens is 6. The van der Waals surface area contributed by atoms with E-state index in [1.165, 1.54) is 0 Å². The fourth-order valence-corrected chi connectivity index (χ4v) is 2.69. The lowest BCUT2D eigenvalue weighted by Crippen LogP contribution is -2.07. The van der Waals surface area contributed by atoms with E-state index in [4.69, 9.17) is 5.73 Å². The molecule has 7 nitrogen and oxygen atoms in total. The highest BCUT2D eigenvalue weighted by Crippen LogP contribution is 2.24. The number of aryl methyl sites for hydroxylation is 1. The number of thioether (sulfide) groups is 1. The molecule has 2 N–H and O–H groups in total. The third kappa shape index (κ3) is 2.47. The van der Waals surface area contributed by atoms with Crippen LogP contribution in [0.2, 0.25) is 0 Å². The van der Waals surface area contributed by atoms with Gasteiger partial charge in [-0.15, -0.1) is 10.2 Å². The monoisotopic (exact) mass is 267 g/mol. The molecular weight excluding hydrogens is 250 g/mol. The van der Waals surface area contributed by atoms with Gasteiger partial charge in [-0.25, -0.2) is 9.67 Å². The Balaban J connectivity index is 2.11. The van der Waals surface area contributed by atoms with E-state index in [-0.39, 0.29) is 6.04 Å². The summed E-state index contributed by atoms with van der Waals surface area (Å²) in [6, 6.07) is 0.242. The molecule has 0 atom stereocenters. The van der Waals surface area contributed by atoms with E-state index < -0.39 is 0 Å². The van der Waals surface area contributed by atoms with Crippen LogP contribution < -0.4 is 5.73 Å². The Morgan fingerprint density at radius 3 is 2.83 bits per heavy atom. The molecular formula is C10H17N7S.